The van der Waals surface area contributed by atoms with E-state index >= 15 is 0 Å². The van der Waals surface area contributed by atoms with Crippen LogP contribution >= 0.6 is 22.6 Å². The third kappa shape index (κ3) is 2.18. The molecule has 0 radical (unpaired) electrons. The van der Waals surface area contributed by atoms with Crippen molar-refractivity contribution < 1.29 is 9.18 Å². The highest BCUT2D eigenvalue weighted by molar-refractivity contribution is 14.1. The molecule has 2 aromatic rings. The molecule has 0 bridgehead atoms. The van der Waals surface area contributed by atoms with Crippen LogP contribution in [0.15, 0.2) is 24.5 Å². The number of nitrogens with one attached hydrogen (secondary N) is 2. The Balaban J connectivity index is 1.99. The predicted molar refractivity (Wildman–Crippen MR) is 77.3 cm³/mol. The van der Waals surface area contributed by atoms with E-state index in [1.54, 1.807) is 30.2 Å². The maximum atomic E-state index is 13.6. The molecule has 19 heavy (non-hydrogen) atoms. The molecule has 1 atom stereocenters. The normalized spacial score (nSPS) is 17.6. The molecule has 0 spiro atoms. The maximum absolute atomic E-state index is 13.6. The first-order valence-electron chi connectivity index (χ1n) is 5.59. The molecule has 0 saturated heterocycles. The zero-order valence-electron chi connectivity index (χ0n) is 9.95. The van der Waals surface area contributed by atoms with E-state index in [0.29, 0.717) is 14.9 Å². The fraction of sp³-hybridized carbons (Fsp3) is 0.167. The minimum atomic E-state index is -0.555. The molecule has 7 heteroatoms. The van der Waals surface area contributed by atoms with E-state index in [0.717, 1.165) is 5.56 Å². The van der Waals surface area contributed by atoms with Crippen molar-refractivity contribution in [3.8, 4) is 0 Å². The average molecular weight is 372 g/mol. The van der Waals surface area contributed by atoms with E-state index in [1.165, 1.54) is 6.07 Å². The van der Waals surface area contributed by atoms with Crippen LogP contribution in [-0.4, -0.2) is 15.7 Å². The minimum absolute atomic E-state index is 0.178. The van der Waals surface area contributed by atoms with E-state index in [-0.39, 0.29) is 11.7 Å². The molecule has 1 amide bonds. The van der Waals surface area contributed by atoms with E-state index in [1.807, 2.05) is 22.6 Å². The summed E-state index contributed by atoms with van der Waals surface area (Å²) in [6.45, 7) is 0. The summed E-state index contributed by atoms with van der Waals surface area (Å²) in [6, 6.07) is 2.44. The first-order valence-corrected chi connectivity index (χ1v) is 6.67. The average Bonchev–Trinajstić information content (AvgIpc) is 2.77. The first kappa shape index (κ1) is 12.4. The number of anilines is 2. The van der Waals surface area contributed by atoms with Gasteiger partial charge in [-0.15, -0.1) is 0 Å². The van der Waals surface area contributed by atoms with Crippen molar-refractivity contribution >= 4 is 39.9 Å². The molecule has 1 aliphatic heterocycles. The van der Waals surface area contributed by atoms with E-state index in [4.69, 9.17) is 0 Å². The van der Waals surface area contributed by atoms with E-state index < -0.39 is 6.04 Å². The monoisotopic (exact) mass is 372 g/mol. The minimum Gasteiger partial charge on any atom is -0.368 e. The summed E-state index contributed by atoms with van der Waals surface area (Å²) < 4.78 is 15.7. The first-order chi connectivity index (χ1) is 9.04. The lowest BCUT2D eigenvalue weighted by Gasteiger charge is -2.26. The van der Waals surface area contributed by atoms with Crippen molar-refractivity contribution in [3.05, 3.63) is 39.5 Å². The molecule has 1 aromatic heterocycles. The molecule has 5 nitrogen and oxygen atoms in total. The molecule has 2 heterocycles. The highest BCUT2D eigenvalue weighted by Crippen LogP contribution is 2.34. The van der Waals surface area contributed by atoms with Crippen LogP contribution < -0.4 is 10.6 Å². The number of carbonyl (C=O) groups is 1. The third-order valence-electron chi connectivity index (χ3n) is 2.94. The Morgan fingerprint density at radius 1 is 1.42 bits per heavy atom. The van der Waals surface area contributed by atoms with Gasteiger partial charge in [-0.25, -0.2) is 4.39 Å². The summed E-state index contributed by atoms with van der Waals surface area (Å²) in [6.07, 6.45) is 3.37. The Morgan fingerprint density at radius 3 is 2.89 bits per heavy atom. The third-order valence-corrected chi connectivity index (χ3v) is 3.77. The summed E-state index contributed by atoms with van der Waals surface area (Å²) in [4.78, 5) is 12.1. The molecule has 98 valence electrons. The Kier molecular flexibility index (Phi) is 2.92. The van der Waals surface area contributed by atoms with Crippen LogP contribution in [-0.2, 0) is 11.8 Å². The van der Waals surface area contributed by atoms with Crippen molar-refractivity contribution in [3.63, 3.8) is 0 Å². The molecule has 3 rings (SSSR count). The van der Waals surface area contributed by atoms with Gasteiger partial charge in [-0.1, -0.05) is 0 Å². The molecule has 2 N–H and O–H groups in total. The lowest BCUT2D eigenvalue weighted by atomic mass is 10.1. The van der Waals surface area contributed by atoms with E-state index in [2.05, 4.69) is 15.7 Å². The molecule has 1 unspecified atom stereocenters. The number of hydrogen-bond donors (Lipinski definition) is 2. The SMILES string of the molecule is Cn1cc(C2Nc3cc(F)c(I)cc3NC2=O)cn1. The van der Waals surface area contributed by atoms with Crippen LogP contribution in [0, 0.1) is 9.39 Å². The Labute approximate surface area is 122 Å². The van der Waals surface area contributed by atoms with Gasteiger partial charge in [0.2, 0.25) is 0 Å². The van der Waals surface area contributed by atoms with Gasteiger partial charge in [0.1, 0.15) is 11.9 Å². The summed E-state index contributed by atoms with van der Waals surface area (Å²) in [5.74, 6) is -0.490. The molecule has 0 fully saturated rings. The van der Waals surface area contributed by atoms with Gasteiger partial charge in [-0.3, -0.25) is 9.48 Å². The second-order valence-corrected chi connectivity index (χ2v) is 5.49. The van der Waals surface area contributed by atoms with Crippen molar-refractivity contribution in [1.29, 1.82) is 0 Å². The number of carbonyl (C=O) groups excluding carboxylic acids is 1. The van der Waals surface area contributed by atoms with Gasteiger partial charge in [0.25, 0.3) is 5.91 Å². The highest BCUT2D eigenvalue weighted by atomic mass is 127. The standard InChI is InChI=1S/C12H10FIN4O/c1-18-5-6(4-15-18)11-12(19)17-10-3-8(14)7(13)2-9(10)16-11/h2-5,11,16H,1H3,(H,17,19). The van der Waals surface area contributed by atoms with E-state index in [9.17, 15) is 9.18 Å². The largest absolute Gasteiger partial charge is 0.368 e. The molecule has 0 saturated carbocycles. The van der Waals surface area contributed by atoms with Crippen molar-refractivity contribution in [1.82, 2.24) is 9.78 Å². The van der Waals surface area contributed by atoms with Gasteiger partial charge in [-0.2, -0.15) is 5.10 Å². The smallest absolute Gasteiger partial charge is 0.251 e. The topological polar surface area (TPSA) is 59.0 Å². The second-order valence-electron chi connectivity index (χ2n) is 4.33. The summed E-state index contributed by atoms with van der Waals surface area (Å²) in [7, 11) is 1.78. The predicted octanol–water partition coefficient (Wildman–Crippen LogP) is 2.27. The van der Waals surface area contributed by atoms with Crippen molar-refractivity contribution in [2.75, 3.05) is 10.6 Å². The van der Waals surface area contributed by atoms with Crippen molar-refractivity contribution in [2.24, 2.45) is 7.05 Å². The number of rotatable bonds is 1. The van der Waals surface area contributed by atoms with Gasteiger partial charge < -0.3 is 10.6 Å². The van der Waals surface area contributed by atoms with Crippen LogP contribution in [0.1, 0.15) is 11.6 Å². The number of halogens is 2. The van der Waals surface area contributed by atoms with Crippen LogP contribution in [0.5, 0.6) is 0 Å². The molecular formula is C12H10FIN4O. The number of benzene rings is 1. The van der Waals surface area contributed by atoms with Crippen LogP contribution in [0.3, 0.4) is 0 Å². The second kappa shape index (κ2) is 4.48. The lowest BCUT2D eigenvalue weighted by molar-refractivity contribution is -0.117. The quantitative estimate of drug-likeness (QED) is 0.756. The fourth-order valence-electron chi connectivity index (χ4n) is 2.02. The van der Waals surface area contributed by atoms with Gasteiger partial charge >= 0.3 is 0 Å². The summed E-state index contributed by atoms with van der Waals surface area (Å²) in [5.41, 5.74) is 1.91. The molecule has 0 aliphatic carbocycles. The number of hydrogen-bond acceptors (Lipinski definition) is 3. The van der Waals surface area contributed by atoms with Gasteiger partial charge in [0, 0.05) is 24.9 Å². The Bertz CT molecular complexity index is 670. The molecule has 1 aromatic carbocycles. The zero-order valence-corrected chi connectivity index (χ0v) is 12.1. The van der Waals surface area contributed by atoms with Crippen LogP contribution in [0.4, 0.5) is 15.8 Å². The number of amides is 1. The van der Waals surface area contributed by atoms with Crippen LogP contribution in [0.25, 0.3) is 0 Å². The zero-order chi connectivity index (χ0) is 13.6. The van der Waals surface area contributed by atoms with Crippen molar-refractivity contribution in [2.45, 2.75) is 6.04 Å². The summed E-state index contributed by atoms with van der Waals surface area (Å²) >= 11 is 1.89. The fourth-order valence-corrected chi connectivity index (χ4v) is 2.49. The number of aryl methyl sites for hydroxylation is 1. The van der Waals surface area contributed by atoms with Crippen LogP contribution in [0.2, 0.25) is 0 Å². The van der Waals surface area contributed by atoms with Gasteiger partial charge in [0.15, 0.2) is 0 Å². The highest BCUT2D eigenvalue weighted by Gasteiger charge is 2.28. The van der Waals surface area contributed by atoms with Gasteiger partial charge in [-0.05, 0) is 28.7 Å². The number of aromatic nitrogens is 2. The Hall–Kier alpha value is -1.64. The molecule has 1 aliphatic rings. The molecular weight excluding hydrogens is 362 g/mol. The maximum Gasteiger partial charge on any atom is 0.251 e. The number of fused-ring (bicyclic) bond motifs is 1. The van der Waals surface area contributed by atoms with Gasteiger partial charge in [0.05, 0.1) is 21.1 Å². The Morgan fingerprint density at radius 2 is 2.21 bits per heavy atom. The summed E-state index contributed by atoms with van der Waals surface area (Å²) in [5, 5.41) is 9.85. The lowest BCUT2D eigenvalue weighted by Crippen LogP contribution is -2.31. The number of nitrogens with zero attached hydrogens (tertiary/aromatic N) is 2.